The van der Waals surface area contributed by atoms with E-state index >= 15 is 0 Å². The Morgan fingerprint density at radius 2 is 2.03 bits per heavy atom. The van der Waals surface area contributed by atoms with Crippen molar-refractivity contribution in [2.45, 2.75) is 44.2 Å². The minimum absolute atomic E-state index is 0.162. The maximum absolute atomic E-state index is 12.9. The fourth-order valence-electron chi connectivity index (χ4n) is 3.53. The van der Waals surface area contributed by atoms with Crippen LogP contribution in [0.5, 0.6) is 0 Å². The number of likely N-dealkylation sites (tertiary alicyclic amines) is 1. The standard InChI is InChI=1S/C21H24N4O5/c26-13-16(11-18(27)28)24-20(29)17-7-4-10-25(17)21(30)19-22-12-15(23-19)9-8-14-5-2-1-3-6-14/h1-3,5-6,12-13,16-17H,4,7-11H2,(H,22,23)(H,24,29)(H,27,28)/t16-,17+/m0/s1. The largest absolute Gasteiger partial charge is 0.481 e. The molecule has 0 radical (unpaired) electrons. The number of aromatic amines is 1. The number of nitrogens with one attached hydrogen (secondary N) is 2. The molecule has 0 saturated carbocycles. The van der Waals surface area contributed by atoms with Gasteiger partial charge in [0.15, 0.2) is 5.82 Å². The zero-order chi connectivity index (χ0) is 21.5. The van der Waals surface area contributed by atoms with E-state index < -0.39 is 30.4 Å². The number of aromatic nitrogens is 2. The van der Waals surface area contributed by atoms with Gasteiger partial charge in [0.1, 0.15) is 12.3 Å². The van der Waals surface area contributed by atoms with Crippen LogP contribution in [0.2, 0.25) is 0 Å². The van der Waals surface area contributed by atoms with E-state index in [2.05, 4.69) is 15.3 Å². The number of H-pyrrole nitrogens is 1. The molecule has 9 heteroatoms. The minimum Gasteiger partial charge on any atom is -0.481 e. The Morgan fingerprint density at radius 1 is 1.27 bits per heavy atom. The fraction of sp³-hybridized carbons (Fsp3) is 0.381. The Bertz CT molecular complexity index is 911. The van der Waals surface area contributed by atoms with Crippen molar-refractivity contribution in [3.8, 4) is 0 Å². The summed E-state index contributed by atoms with van der Waals surface area (Å²) in [4.78, 5) is 55.9. The van der Waals surface area contributed by atoms with Crippen LogP contribution in [0.15, 0.2) is 36.5 Å². The third-order valence-electron chi connectivity index (χ3n) is 5.05. The van der Waals surface area contributed by atoms with Crippen molar-refractivity contribution in [1.82, 2.24) is 20.2 Å². The third-order valence-corrected chi connectivity index (χ3v) is 5.05. The summed E-state index contributed by atoms with van der Waals surface area (Å²) in [6.45, 7) is 0.391. The fourth-order valence-corrected chi connectivity index (χ4v) is 3.53. The van der Waals surface area contributed by atoms with Gasteiger partial charge in [-0.1, -0.05) is 30.3 Å². The average molecular weight is 412 g/mol. The smallest absolute Gasteiger partial charge is 0.305 e. The number of hydrogen-bond acceptors (Lipinski definition) is 5. The molecule has 2 aromatic rings. The second kappa shape index (κ2) is 9.82. The van der Waals surface area contributed by atoms with Crippen LogP contribution in [0.4, 0.5) is 0 Å². The summed E-state index contributed by atoms with van der Waals surface area (Å²) in [5.41, 5.74) is 1.93. The molecule has 1 aromatic carbocycles. The first-order valence-electron chi connectivity index (χ1n) is 9.84. The molecule has 30 heavy (non-hydrogen) atoms. The molecule has 0 aliphatic carbocycles. The highest BCUT2D eigenvalue weighted by molar-refractivity contribution is 5.96. The van der Waals surface area contributed by atoms with Crippen LogP contribution in [0, 0.1) is 0 Å². The molecular formula is C21H24N4O5. The number of carbonyl (C=O) groups excluding carboxylic acids is 3. The summed E-state index contributed by atoms with van der Waals surface area (Å²) in [5, 5.41) is 11.2. The van der Waals surface area contributed by atoms with E-state index in [1.54, 1.807) is 6.20 Å². The second-order valence-electron chi connectivity index (χ2n) is 7.23. The van der Waals surface area contributed by atoms with Crippen LogP contribution in [0.1, 0.15) is 41.1 Å². The van der Waals surface area contributed by atoms with E-state index in [0.717, 1.165) is 12.1 Å². The predicted octanol–water partition coefficient (Wildman–Crippen LogP) is 0.958. The van der Waals surface area contributed by atoms with Crippen molar-refractivity contribution < 1.29 is 24.3 Å². The summed E-state index contributed by atoms with van der Waals surface area (Å²) in [5.74, 6) is -1.95. The first-order chi connectivity index (χ1) is 14.5. The number of nitrogens with zero attached hydrogens (tertiary/aromatic N) is 2. The topological polar surface area (TPSA) is 132 Å². The highest BCUT2D eigenvalue weighted by Crippen LogP contribution is 2.20. The van der Waals surface area contributed by atoms with Crippen molar-refractivity contribution in [3.63, 3.8) is 0 Å². The Labute approximate surface area is 173 Å². The first kappa shape index (κ1) is 21.2. The molecule has 1 saturated heterocycles. The van der Waals surface area contributed by atoms with Gasteiger partial charge in [0.2, 0.25) is 5.91 Å². The van der Waals surface area contributed by atoms with Crippen LogP contribution < -0.4 is 5.32 Å². The Hall–Kier alpha value is -3.49. The van der Waals surface area contributed by atoms with Crippen molar-refractivity contribution in [1.29, 1.82) is 0 Å². The number of carboxylic acids is 1. The number of amides is 2. The number of imidazole rings is 1. The van der Waals surface area contributed by atoms with Gasteiger partial charge in [-0.3, -0.25) is 14.4 Å². The van der Waals surface area contributed by atoms with Crippen LogP contribution >= 0.6 is 0 Å². The lowest BCUT2D eigenvalue weighted by Gasteiger charge is -2.24. The molecule has 3 N–H and O–H groups in total. The highest BCUT2D eigenvalue weighted by atomic mass is 16.4. The van der Waals surface area contributed by atoms with Crippen LogP contribution in [-0.4, -0.2) is 62.7 Å². The molecule has 158 valence electrons. The lowest BCUT2D eigenvalue weighted by atomic mass is 10.1. The van der Waals surface area contributed by atoms with Crippen LogP contribution in [-0.2, 0) is 27.2 Å². The van der Waals surface area contributed by atoms with Crippen molar-refractivity contribution in [3.05, 3.63) is 53.6 Å². The van der Waals surface area contributed by atoms with E-state index in [4.69, 9.17) is 5.11 Å². The molecule has 2 heterocycles. The summed E-state index contributed by atoms with van der Waals surface area (Å²) >= 11 is 0. The van der Waals surface area contributed by atoms with Gasteiger partial charge in [-0.05, 0) is 31.2 Å². The van der Waals surface area contributed by atoms with E-state index in [0.29, 0.717) is 32.1 Å². The predicted molar refractivity (Wildman–Crippen MR) is 107 cm³/mol. The van der Waals surface area contributed by atoms with E-state index in [1.165, 1.54) is 10.5 Å². The molecular weight excluding hydrogens is 388 g/mol. The van der Waals surface area contributed by atoms with Gasteiger partial charge < -0.3 is 25.1 Å². The van der Waals surface area contributed by atoms with Gasteiger partial charge in [0.25, 0.3) is 5.91 Å². The van der Waals surface area contributed by atoms with Crippen LogP contribution in [0.3, 0.4) is 0 Å². The van der Waals surface area contributed by atoms with E-state index in [1.807, 2.05) is 30.3 Å². The molecule has 0 spiro atoms. The lowest BCUT2D eigenvalue weighted by molar-refractivity contribution is -0.139. The summed E-state index contributed by atoms with van der Waals surface area (Å²) in [6.07, 6.45) is 4.13. The number of hydrogen-bond donors (Lipinski definition) is 3. The number of aldehydes is 1. The maximum Gasteiger partial charge on any atom is 0.305 e. The van der Waals surface area contributed by atoms with Gasteiger partial charge in [0.05, 0.1) is 18.2 Å². The number of benzene rings is 1. The molecule has 0 unspecified atom stereocenters. The number of carboxylic acid groups (broad SMARTS) is 1. The average Bonchev–Trinajstić information content (AvgIpc) is 3.41. The zero-order valence-corrected chi connectivity index (χ0v) is 16.4. The van der Waals surface area contributed by atoms with Gasteiger partial charge in [-0.25, -0.2) is 4.98 Å². The Morgan fingerprint density at radius 3 is 2.73 bits per heavy atom. The molecule has 1 fully saturated rings. The van der Waals surface area contributed by atoms with E-state index in [9.17, 15) is 19.2 Å². The van der Waals surface area contributed by atoms with Gasteiger partial charge in [0, 0.05) is 12.7 Å². The summed E-state index contributed by atoms with van der Waals surface area (Å²) < 4.78 is 0. The molecule has 0 bridgehead atoms. The van der Waals surface area contributed by atoms with Crippen molar-refractivity contribution in [2.75, 3.05) is 6.54 Å². The molecule has 3 rings (SSSR count). The monoisotopic (exact) mass is 412 g/mol. The second-order valence-corrected chi connectivity index (χ2v) is 7.23. The Balaban J connectivity index is 1.61. The number of aryl methyl sites for hydroxylation is 2. The summed E-state index contributed by atoms with van der Waals surface area (Å²) in [7, 11) is 0. The summed E-state index contributed by atoms with van der Waals surface area (Å²) in [6, 6.07) is 8.08. The van der Waals surface area contributed by atoms with Gasteiger partial charge in [-0.2, -0.15) is 0 Å². The quantitative estimate of drug-likeness (QED) is 0.526. The minimum atomic E-state index is -1.19. The van der Waals surface area contributed by atoms with Gasteiger partial charge >= 0.3 is 5.97 Å². The van der Waals surface area contributed by atoms with E-state index in [-0.39, 0.29) is 11.7 Å². The maximum atomic E-state index is 12.9. The number of aliphatic carboxylic acids is 1. The molecule has 2 amide bonds. The number of rotatable bonds is 9. The highest BCUT2D eigenvalue weighted by Gasteiger charge is 2.36. The zero-order valence-electron chi connectivity index (χ0n) is 16.4. The first-order valence-corrected chi connectivity index (χ1v) is 9.84. The molecule has 1 aromatic heterocycles. The molecule has 2 atom stereocenters. The Kier molecular flexibility index (Phi) is 6.95. The van der Waals surface area contributed by atoms with Gasteiger partial charge in [-0.15, -0.1) is 0 Å². The van der Waals surface area contributed by atoms with Crippen molar-refractivity contribution >= 4 is 24.1 Å². The van der Waals surface area contributed by atoms with Crippen molar-refractivity contribution in [2.24, 2.45) is 0 Å². The lowest BCUT2D eigenvalue weighted by Crippen LogP contribution is -2.49. The molecule has 9 nitrogen and oxygen atoms in total. The van der Waals surface area contributed by atoms with Crippen LogP contribution in [0.25, 0.3) is 0 Å². The molecule has 1 aliphatic heterocycles. The SMILES string of the molecule is O=C[C@H](CC(=O)O)NC(=O)[C@H]1CCCN1C(=O)c1nc(CCc2ccccc2)c[nH]1. The normalized spacial score (nSPS) is 16.8. The third kappa shape index (κ3) is 5.31. The number of carbonyl (C=O) groups is 4. The molecule has 1 aliphatic rings.